The number of nitrogens with one attached hydrogen (secondary N) is 1. The normalized spacial score (nSPS) is 10.3. The van der Waals surface area contributed by atoms with E-state index in [0.717, 1.165) is 6.54 Å². The van der Waals surface area contributed by atoms with Gasteiger partial charge in [-0.15, -0.1) is 0 Å². The van der Waals surface area contributed by atoms with Gasteiger partial charge in [0.25, 0.3) is 0 Å². The summed E-state index contributed by atoms with van der Waals surface area (Å²) in [7, 11) is 0. The number of hydrogen-bond acceptors (Lipinski definition) is 3. The van der Waals surface area contributed by atoms with Gasteiger partial charge in [-0.25, -0.2) is 0 Å². The molecule has 0 bridgehead atoms. The highest BCUT2D eigenvalue weighted by atomic mass is 16.3. The third-order valence-corrected chi connectivity index (χ3v) is 2.58. The van der Waals surface area contributed by atoms with Crippen LogP contribution in [0.5, 0.6) is 5.75 Å². The zero-order valence-electron chi connectivity index (χ0n) is 10.1. The molecule has 94 valence electrons. The van der Waals surface area contributed by atoms with E-state index < -0.39 is 0 Å². The minimum absolute atomic E-state index is 0.136. The molecule has 0 atom stereocenters. The Morgan fingerprint density at radius 3 is 2.89 bits per heavy atom. The molecule has 0 spiro atoms. The molecule has 0 radical (unpaired) electrons. The Kier molecular flexibility index (Phi) is 3.62. The molecule has 1 aromatic heterocycles. The van der Waals surface area contributed by atoms with Gasteiger partial charge in [-0.2, -0.15) is 5.10 Å². The van der Waals surface area contributed by atoms with Gasteiger partial charge in [0.2, 0.25) is 5.91 Å². The summed E-state index contributed by atoms with van der Waals surface area (Å²) in [4.78, 5) is 11.8. The third-order valence-electron chi connectivity index (χ3n) is 2.58. The third kappa shape index (κ3) is 2.88. The van der Waals surface area contributed by atoms with Crippen LogP contribution in [0.25, 0.3) is 0 Å². The molecule has 18 heavy (non-hydrogen) atoms. The zero-order valence-corrected chi connectivity index (χ0v) is 10.1. The van der Waals surface area contributed by atoms with Gasteiger partial charge < -0.3 is 10.4 Å². The van der Waals surface area contributed by atoms with Gasteiger partial charge in [0.05, 0.1) is 18.3 Å². The number of carbonyl (C=O) groups excluding carboxylic acids is 1. The largest absolute Gasteiger partial charge is 0.508 e. The first-order valence-corrected chi connectivity index (χ1v) is 5.78. The van der Waals surface area contributed by atoms with E-state index in [9.17, 15) is 9.90 Å². The first-order chi connectivity index (χ1) is 8.69. The fraction of sp³-hybridized carbons (Fsp3) is 0.231. The minimum Gasteiger partial charge on any atom is -0.508 e. The lowest BCUT2D eigenvalue weighted by molar-refractivity contribution is -0.115. The van der Waals surface area contributed by atoms with Gasteiger partial charge in [-0.3, -0.25) is 9.48 Å². The fourth-order valence-corrected chi connectivity index (χ4v) is 1.64. The Bertz CT molecular complexity index is 549. The van der Waals surface area contributed by atoms with Gasteiger partial charge in [0.1, 0.15) is 5.75 Å². The number of amides is 1. The van der Waals surface area contributed by atoms with Crippen LogP contribution in [-0.2, 0) is 17.8 Å². The monoisotopic (exact) mass is 245 g/mol. The van der Waals surface area contributed by atoms with E-state index in [1.165, 1.54) is 0 Å². The summed E-state index contributed by atoms with van der Waals surface area (Å²) >= 11 is 0. The number of aromatic nitrogens is 2. The summed E-state index contributed by atoms with van der Waals surface area (Å²) in [6.45, 7) is 2.73. The highest BCUT2D eigenvalue weighted by Crippen LogP contribution is 2.16. The van der Waals surface area contributed by atoms with E-state index in [0.29, 0.717) is 11.3 Å². The first-order valence-electron chi connectivity index (χ1n) is 5.78. The molecule has 5 heteroatoms. The van der Waals surface area contributed by atoms with Crippen molar-refractivity contribution in [2.75, 3.05) is 5.32 Å². The zero-order chi connectivity index (χ0) is 13.0. The topological polar surface area (TPSA) is 67.2 Å². The molecule has 0 aliphatic heterocycles. The van der Waals surface area contributed by atoms with Crippen molar-refractivity contribution < 1.29 is 9.90 Å². The van der Waals surface area contributed by atoms with Crippen molar-refractivity contribution in [3.8, 4) is 5.75 Å². The van der Waals surface area contributed by atoms with Crippen LogP contribution in [0.1, 0.15) is 12.5 Å². The molecule has 5 nitrogen and oxygen atoms in total. The average Bonchev–Trinajstić information content (AvgIpc) is 2.80. The summed E-state index contributed by atoms with van der Waals surface area (Å²) in [5.41, 5.74) is 1.27. The number of aryl methyl sites for hydroxylation is 1. The molecule has 0 saturated carbocycles. The summed E-state index contributed by atoms with van der Waals surface area (Å²) in [5, 5.41) is 16.4. The van der Waals surface area contributed by atoms with Crippen LogP contribution < -0.4 is 5.32 Å². The second-order valence-electron chi connectivity index (χ2n) is 3.94. The number of rotatable bonds is 4. The lowest BCUT2D eigenvalue weighted by Gasteiger charge is -2.04. The quantitative estimate of drug-likeness (QED) is 0.863. The second-order valence-corrected chi connectivity index (χ2v) is 3.94. The molecule has 1 heterocycles. The molecule has 0 aliphatic carbocycles. The van der Waals surface area contributed by atoms with Crippen LogP contribution in [0.15, 0.2) is 36.7 Å². The summed E-state index contributed by atoms with van der Waals surface area (Å²) in [6, 6.07) is 6.81. The fourth-order valence-electron chi connectivity index (χ4n) is 1.64. The number of aromatic hydroxyl groups is 1. The number of phenols is 1. The number of nitrogens with zero attached hydrogens (tertiary/aromatic N) is 2. The smallest absolute Gasteiger partial charge is 0.229 e. The van der Waals surface area contributed by atoms with Gasteiger partial charge >= 0.3 is 0 Å². The summed E-state index contributed by atoms with van der Waals surface area (Å²) in [5.74, 6) is -0.0379. The number of benzene rings is 1. The van der Waals surface area contributed by atoms with Crippen molar-refractivity contribution in [1.82, 2.24) is 9.78 Å². The molecule has 0 unspecified atom stereocenters. The summed E-state index contributed by atoms with van der Waals surface area (Å²) in [6.07, 6.45) is 3.51. The molecule has 2 N–H and O–H groups in total. The highest BCUT2D eigenvalue weighted by Gasteiger charge is 2.08. The maximum atomic E-state index is 11.8. The molecule has 1 aromatic carbocycles. The van der Waals surface area contributed by atoms with E-state index in [4.69, 9.17) is 0 Å². The van der Waals surface area contributed by atoms with Crippen molar-refractivity contribution in [3.63, 3.8) is 0 Å². The van der Waals surface area contributed by atoms with Crippen LogP contribution in [0.3, 0.4) is 0 Å². The number of phenolic OH excluding ortho intramolecular Hbond substituents is 1. The van der Waals surface area contributed by atoms with Crippen LogP contribution in [-0.4, -0.2) is 20.8 Å². The highest BCUT2D eigenvalue weighted by molar-refractivity contribution is 5.92. The average molecular weight is 245 g/mol. The van der Waals surface area contributed by atoms with Crippen molar-refractivity contribution in [2.24, 2.45) is 0 Å². The van der Waals surface area contributed by atoms with Gasteiger partial charge in [0.15, 0.2) is 0 Å². The molecule has 0 fully saturated rings. The number of carbonyl (C=O) groups is 1. The lowest BCUT2D eigenvalue weighted by atomic mass is 10.1. The van der Waals surface area contributed by atoms with Crippen LogP contribution in [0.4, 0.5) is 5.69 Å². The Labute approximate surface area is 105 Å². The standard InChI is InChI=1S/C13H15N3O2/c1-2-16-9-11(8-14-16)15-13(18)7-10-5-3-4-6-12(10)17/h3-6,8-9,17H,2,7H2,1H3,(H,15,18). The van der Waals surface area contributed by atoms with Crippen molar-refractivity contribution >= 4 is 11.6 Å². The van der Waals surface area contributed by atoms with Crippen molar-refractivity contribution in [1.29, 1.82) is 0 Å². The Morgan fingerprint density at radius 2 is 2.22 bits per heavy atom. The Balaban J connectivity index is 1.99. The van der Waals surface area contributed by atoms with Crippen molar-refractivity contribution in [2.45, 2.75) is 19.9 Å². The van der Waals surface area contributed by atoms with Gasteiger partial charge in [0, 0.05) is 18.3 Å². The van der Waals surface area contributed by atoms with Crippen LogP contribution in [0, 0.1) is 0 Å². The van der Waals surface area contributed by atoms with E-state index in [-0.39, 0.29) is 18.1 Å². The number of anilines is 1. The van der Waals surface area contributed by atoms with Gasteiger partial charge in [-0.1, -0.05) is 18.2 Å². The molecule has 0 aliphatic rings. The van der Waals surface area contributed by atoms with Crippen LogP contribution >= 0.6 is 0 Å². The van der Waals surface area contributed by atoms with E-state index in [2.05, 4.69) is 10.4 Å². The molecule has 0 saturated heterocycles. The predicted molar refractivity (Wildman–Crippen MR) is 68.3 cm³/mol. The SMILES string of the molecule is CCn1cc(NC(=O)Cc2ccccc2O)cn1. The lowest BCUT2D eigenvalue weighted by Crippen LogP contribution is -2.14. The molecule has 2 aromatic rings. The predicted octanol–water partition coefficient (Wildman–Crippen LogP) is 1.79. The molecular weight excluding hydrogens is 230 g/mol. The Morgan fingerprint density at radius 1 is 1.44 bits per heavy atom. The number of hydrogen-bond donors (Lipinski definition) is 2. The minimum atomic E-state index is -0.174. The van der Waals surface area contributed by atoms with E-state index in [1.807, 2.05) is 6.92 Å². The van der Waals surface area contributed by atoms with E-state index >= 15 is 0 Å². The van der Waals surface area contributed by atoms with Crippen molar-refractivity contribution in [3.05, 3.63) is 42.2 Å². The first kappa shape index (κ1) is 12.2. The maximum Gasteiger partial charge on any atom is 0.229 e. The maximum absolute atomic E-state index is 11.8. The second kappa shape index (κ2) is 5.35. The van der Waals surface area contributed by atoms with Gasteiger partial charge in [-0.05, 0) is 13.0 Å². The van der Waals surface area contributed by atoms with Crippen LogP contribution in [0.2, 0.25) is 0 Å². The number of para-hydroxylation sites is 1. The Hall–Kier alpha value is -2.30. The molecular formula is C13H15N3O2. The molecule has 1 amide bonds. The molecule has 2 rings (SSSR count). The van der Waals surface area contributed by atoms with E-state index in [1.54, 1.807) is 41.3 Å². The summed E-state index contributed by atoms with van der Waals surface area (Å²) < 4.78 is 1.73.